The van der Waals surface area contributed by atoms with Gasteiger partial charge in [0.2, 0.25) is 0 Å². The van der Waals surface area contributed by atoms with Gasteiger partial charge in [-0.15, -0.1) is 0 Å². The van der Waals surface area contributed by atoms with E-state index in [-0.39, 0.29) is 18.0 Å². The Balaban J connectivity index is 1.26. The molecule has 2 saturated heterocycles. The zero-order valence-electron chi connectivity index (χ0n) is 16.4. The predicted molar refractivity (Wildman–Crippen MR) is 100 cm³/mol. The Morgan fingerprint density at radius 2 is 1.65 bits per heavy atom. The number of rotatable bonds is 2. The fourth-order valence-electron chi connectivity index (χ4n) is 7.80. The highest BCUT2D eigenvalue weighted by Gasteiger charge is 2.69. The van der Waals surface area contributed by atoms with Crippen LogP contribution in [0, 0.1) is 40.4 Å². The average molecular weight is 358 g/mol. The van der Waals surface area contributed by atoms with Gasteiger partial charge in [-0.2, -0.15) is 0 Å². The average Bonchev–Trinajstić information content (AvgIpc) is 3.52. The van der Waals surface area contributed by atoms with Crippen molar-refractivity contribution in [3.8, 4) is 0 Å². The molecule has 144 valence electrons. The molecule has 0 N–H and O–H groups in total. The van der Waals surface area contributed by atoms with Crippen LogP contribution in [-0.2, 0) is 9.53 Å². The van der Waals surface area contributed by atoms with Gasteiger partial charge in [0, 0.05) is 18.4 Å². The summed E-state index contributed by atoms with van der Waals surface area (Å²) < 4.78 is 6.27. The molecule has 2 heterocycles. The number of fused-ring (bicyclic) bond motifs is 5. The molecular formula is C23H35NO2. The lowest BCUT2D eigenvalue weighted by Crippen LogP contribution is -2.40. The third kappa shape index (κ3) is 2.31. The second kappa shape index (κ2) is 5.49. The molecule has 5 unspecified atom stereocenters. The first kappa shape index (κ1) is 16.4. The third-order valence-corrected chi connectivity index (χ3v) is 9.82. The van der Waals surface area contributed by atoms with Crippen molar-refractivity contribution in [2.75, 3.05) is 19.6 Å². The second-order valence-corrected chi connectivity index (χ2v) is 11.1. The summed E-state index contributed by atoms with van der Waals surface area (Å²) >= 11 is 0. The fourth-order valence-corrected chi connectivity index (χ4v) is 7.80. The van der Waals surface area contributed by atoms with E-state index < -0.39 is 0 Å². The number of ether oxygens (including phenoxy) is 1. The smallest absolute Gasteiger partial charge is 0.310 e. The molecule has 4 aliphatic carbocycles. The molecule has 6 fully saturated rings. The van der Waals surface area contributed by atoms with Crippen molar-refractivity contribution in [2.45, 2.75) is 77.2 Å². The Kier molecular flexibility index (Phi) is 3.46. The van der Waals surface area contributed by atoms with Gasteiger partial charge in [-0.25, -0.2) is 0 Å². The van der Waals surface area contributed by atoms with Crippen molar-refractivity contribution in [3.05, 3.63) is 0 Å². The van der Waals surface area contributed by atoms with Crippen LogP contribution in [0.3, 0.4) is 0 Å². The minimum absolute atomic E-state index is 0.159. The molecular weight excluding hydrogens is 322 g/mol. The first-order chi connectivity index (χ1) is 12.6. The minimum Gasteiger partial charge on any atom is -0.461 e. The summed E-state index contributed by atoms with van der Waals surface area (Å²) in [5.74, 6) is 3.29. The number of hydrogen-bond acceptors (Lipinski definition) is 3. The number of piperidine rings is 1. The molecule has 0 amide bonds. The lowest BCUT2D eigenvalue weighted by Gasteiger charge is -2.34. The monoisotopic (exact) mass is 357 g/mol. The van der Waals surface area contributed by atoms with E-state index in [1.807, 2.05) is 0 Å². The van der Waals surface area contributed by atoms with Gasteiger partial charge < -0.3 is 9.64 Å². The molecule has 3 nitrogen and oxygen atoms in total. The van der Waals surface area contributed by atoms with Crippen LogP contribution in [0.4, 0.5) is 0 Å². The van der Waals surface area contributed by atoms with Crippen molar-refractivity contribution < 1.29 is 9.53 Å². The normalized spacial score (nSPS) is 46.0. The van der Waals surface area contributed by atoms with E-state index in [1.165, 1.54) is 77.3 Å². The summed E-state index contributed by atoms with van der Waals surface area (Å²) in [5.41, 5.74) is 1.25. The molecule has 0 aromatic rings. The number of likely N-dealkylation sites (tertiary alicyclic amines) is 1. The molecule has 6 rings (SSSR count). The number of carbonyl (C=O) groups excluding carboxylic acids is 1. The quantitative estimate of drug-likeness (QED) is 0.692. The van der Waals surface area contributed by atoms with E-state index in [0.29, 0.717) is 22.7 Å². The Morgan fingerprint density at radius 3 is 2.35 bits per heavy atom. The van der Waals surface area contributed by atoms with Crippen molar-refractivity contribution in [1.82, 2.24) is 4.90 Å². The van der Waals surface area contributed by atoms with Crippen molar-refractivity contribution >= 4 is 5.97 Å². The number of carbonyl (C=O) groups is 1. The highest BCUT2D eigenvalue weighted by atomic mass is 16.6. The van der Waals surface area contributed by atoms with Gasteiger partial charge in [-0.1, -0.05) is 6.92 Å². The molecule has 0 radical (unpaired) electrons. The largest absolute Gasteiger partial charge is 0.461 e. The lowest BCUT2D eigenvalue weighted by molar-refractivity contribution is -0.148. The summed E-state index contributed by atoms with van der Waals surface area (Å²) in [6.07, 6.45) is 14.1. The first-order valence-electron chi connectivity index (χ1n) is 11.5. The molecule has 26 heavy (non-hydrogen) atoms. The Hall–Kier alpha value is -0.570. The molecule has 2 aliphatic heterocycles. The molecule has 6 aliphatic rings. The van der Waals surface area contributed by atoms with E-state index in [4.69, 9.17) is 4.74 Å². The summed E-state index contributed by atoms with van der Waals surface area (Å²) in [6.45, 7) is 5.71. The molecule has 0 bridgehead atoms. The summed E-state index contributed by atoms with van der Waals surface area (Å²) in [6, 6.07) is 0. The van der Waals surface area contributed by atoms with Gasteiger partial charge in [-0.05, 0) is 100.0 Å². The SMILES string of the molecule is CC1CCN(CC2C(=O)OC3C2CCC2(CC2)C2CCC4(CC4)C32)CC1. The van der Waals surface area contributed by atoms with Crippen LogP contribution < -0.4 is 0 Å². The topological polar surface area (TPSA) is 29.5 Å². The number of esters is 1. The molecule has 0 aromatic carbocycles. The van der Waals surface area contributed by atoms with Crippen LogP contribution in [0.25, 0.3) is 0 Å². The second-order valence-electron chi connectivity index (χ2n) is 11.1. The van der Waals surface area contributed by atoms with Gasteiger partial charge in [0.15, 0.2) is 0 Å². The van der Waals surface area contributed by atoms with E-state index >= 15 is 0 Å². The number of nitrogens with zero attached hydrogens (tertiary/aromatic N) is 1. The van der Waals surface area contributed by atoms with E-state index in [0.717, 1.165) is 18.4 Å². The zero-order chi connectivity index (χ0) is 17.5. The van der Waals surface area contributed by atoms with Crippen LogP contribution in [-0.4, -0.2) is 36.6 Å². The highest BCUT2D eigenvalue weighted by Crippen LogP contribution is 2.75. The predicted octanol–water partition coefficient (Wildman–Crippen LogP) is 4.26. The lowest BCUT2D eigenvalue weighted by atomic mass is 9.73. The standard InChI is InChI=1S/C23H35NO2/c1-15-4-12-24(13-5-15)14-17-16-2-6-22(8-9-22)18-3-7-23(10-11-23)19(18)20(16)26-21(17)25/h15-20H,2-14H2,1H3. The van der Waals surface area contributed by atoms with Crippen LogP contribution in [0.2, 0.25) is 0 Å². The van der Waals surface area contributed by atoms with Crippen LogP contribution in [0.15, 0.2) is 0 Å². The minimum atomic E-state index is 0.159. The maximum absolute atomic E-state index is 12.9. The van der Waals surface area contributed by atoms with E-state index in [2.05, 4.69) is 11.8 Å². The molecule has 5 atom stereocenters. The van der Waals surface area contributed by atoms with Gasteiger partial charge in [0.25, 0.3) is 0 Å². The summed E-state index contributed by atoms with van der Waals surface area (Å²) in [5, 5.41) is 0. The Labute approximate surface area is 158 Å². The Bertz CT molecular complexity index is 599. The van der Waals surface area contributed by atoms with Crippen molar-refractivity contribution in [3.63, 3.8) is 0 Å². The van der Waals surface area contributed by atoms with E-state index in [9.17, 15) is 4.79 Å². The summed E-state index contributed by atoms with van der Waals surface area (Å²) in [7, 11) is 0. The van der Waals surface area contributed by atoms with Crippen LogP contribution in [0.5, 0.6) is 0 Å². The molecule has 3 heteroatoms. The van der Waals surface area contributed by atoms with Crippen molar-refractivity contribution in [1.29, 1.82) is 0 Å². The van der Waals surface area contributed by atoms with Crippen LogP contribution in [0.1, 0.15) is 71.1 Å². The molecule has 2 spiro atoms. The molecule has 4 saturated carbocycles. The molecule has 0 aromatic heterocycles. The Morgan fingerprint density at radius 1 is 0.962 bits per heavy atom. The van der Waals surface area contributed by atoms with Crippen LogP contribution >= 0.6 is 0 Å². The first-order valence-corrected chi connectivity index (χ1v) is 11.5. The maximum Gasteiger partial charge on any atom is 0.310 e. The zero-order valence-corrected chi connectivity index (χ0v) is 16.4. The highest BCUT2D eigenvalue weighted by molar-refractivity contribution is 5.75. The fraction of sp³-hybridized carbons (Fsp3) is 0.957. The van der Waals surface area contributed by atoms with Crippen molar-refractivity contribution in [2.24, 2.45) is 40.4 Å². The van der Waals surface area contributed by atoms with E-state index in [1.54, 1.807) is 0 Å². The maximum atomic E-state index is 12.9. The third-order valence-electron chi connectivity index (χ3n) is 9.82. The van der Waals surface area contributed by atoms with Gasteiger partial charge in [0.05, 0.1) is 5.92 Å². The van der Waals surface area contributed by atoms with Gasteiger partial charge in [0.1, 0.15) is 6.10 Å². The summed E-state index contributed by atoms with van der Waals surface area (Å²) in [4.78, 5) is 15.5. The van der Waals surface area contributed by atoms with Gasteiger partial charge in [-0.3, -0.25) is 4.79 Å². The van der Waals surface area contributed by atoms with Gasteiger partial charge >= 0.3 is 5.97 Å². The number of hydrogen-bond donors (Lipinski definition) is 0.